The molecule has 0 saturated carbocycles. The Bertz CT molecular complexity index is 781. The van der Waals surface area contributed by atoms with Gasteiger partial charge in [-0.25, -0.2) is 8.42 Å². The van der Waals surface area contributed by atoms with E-state index in [0.717, 1.165) is 10.9 Å². The van der Waals surface area contributed by atoms with E-state index >= 15 is 0 Å². The van der Waals surface area contributed by atoms with Crippen molar-refractivity contribution in [2.75, 3.05) is 16.8 Å². The molecule has 0 spiro atoms. The van der Waals surface area contributed by atoms with Crippen LogP contribution in [0, 0.1) is 5.92 Å². The number of amides is 1. The van der Waals surface area contributed by atoms with Crippen LogP contribution in [0.1, 0.15) is 12.8 Å². The third kappa shape index (κ3) is 3.21. The topological polar surface area (TPSA) is 76.1 Å². The van der Waals surface area contributed by atoms with Crippen molar-refractivity contribution in [1.82, 2.24) is 4.98 Å². The molecule has 1 fully saturated rings. The zero-order valence-electron chi connectivity index (χ0n) is 11.5. The van der Waals surface area contributed by atoms with Crippen molar-refractivity contribution in [3.8, 4) is 0 Å². The molecule has 1 N–H and O–H groups in total. The molecule has 0 radical (unpaired) electrons. The summed E-state index contributed by atoms with van der Waals surface area (Å²) in [5, 5.41) is 3.80. The number of aromatic nitrogens is 1. The summed E-state index contributed by atoms with van der Waals surface area (Å²) in [5.74, 6) is 0.0859. The third-order valence-corrected chi connectivity index (χ3v) is 5.54. The lowest BCUT2D eigenvalue weighted by atomic mass is 10.0. The molecule has 0 unspecified atom stereocenters. The van der Waals surface area contributed by atoms with E-state index in [-0.39, 0.29) is 29.8 Å². The zero-order valence-corrected chi connectivity index (χ0v) is 12.3. The first-order valence-corrected chi connectivity index (χ1v) is 8.70. The minimum absolute atomic E-state index is 0.0714. The van der Waals surface area contributed by atoms with Gasteiger partial charge in [0.2, 0.25) is 5.91 Å². The van der Waals surface area contributed by atoms with Gasteiger partial charge in [-0.2, -0.15) is 0 Å². The number of nitrogens with zero attached hydrogens (tertiary/aromatic N) is 1. The summed E-state index contributed by atoms with van der Waals surface area (Å²) in [4.78, 5) is 16.4. The van der Waals surface area contributed by atoms with Crippen LogP contribution in [0.25, 0.3) is 10.9 Å². The van der Waals surface area contributed by atoms with Crippen LogP contribution in [-0.2, 0) is 14.6 Å². The van der Waals surface area contributed by atoms with Gasteiger partial charge in [0, 0.05) is 18.0 Å². The van der Waals surface area contributed by atoms with Crippen LogP contribution in [0.15, 0.2) is 36.5 Å². The van der Waals surface area contributed by atoms with Crippen molar-refractivity contribution < 1.29 is 13.2 Å². The van der Waals surface area contributed by atoms with Crippen LogP contribution >= 0.6 is 0 Å². The number of anilines is 1. The molecule has 110 valence electrons. The molecule has 6 heteroatoms. The SMILES string of the molecule is O=C(C[C@H]1CCS(=O)(=O)C1)Nc1cccc2cccnc12. The van der Waals surface area contributed by atoms with Gasteiger partial charge in [0.25, 0.3) is 0 Å². The Kier molecular flexibility index (Phi) is 3.63. The molecule has 0 aliphatic carbocycles. The molecule has 1 amide bonds. The summed E-state index contributed by atoms with van der Waals surface area (Å²) in [7, 11) is -2.94. The number of para-hydroxylation sites is 1. The van der Waals surface area contributed by atoms with Crippen molar-refractivity contribution in [2.24, 2.45) is 5.92 Å². The molecule has 0 bridgehead atoms. The maximum Gasteiger partial charge on any atom is 0.224 e. The molecule has 1 atom stereocenters. The van der Waals surface area contributed by atoms with Crippen molar-refractivity contribution in [3.05, 3.63) is 36.5 Å². The summed E-state index contributed by atoms with van der Waals surface area (Å²) >= 11 is 0. The predicted octanol–water partition coefficient (Wildman–Crippen LogP) is 2.00. The van der Waals surface area contributed by atoms with E-state index in [1.807, 2.05) is 24.3 Å². The van der Waals surface area contributed by atoms with Crippen LogP contribution in [0.5, 0.6) is 0 Å². The first kappa shape index (κ1) is 14.0. The molecule has 1 aromatic heterocycles. The molecule has 1 aromatic carbocycles. The lowest BCUT2D eigenvalue weighted by molar-refractivity contribution is -0.116. The number of benzene rings is 1. The fourth-order valence-electron chi connectivity index (χ4n) is 2.70. The van der Waals surface area contributed by atoms with Crippen LogP contribution in [0.4, 0.5) is 5.69 Å². The lowest BCUT2D eigenvalue weighted by Gasteiger charge is -2.10. The molecular weight excluding hydrogens is 288 g/mol. The number of carbonyl (C=O) groups is 1. The van der Waals surface area contributed by atoms with Crippen molar-refractivity contribution in [2.45, 2.75) is 12.8 Å². The highest BCUT2D eigenvalue weighted by atomic mass is 32.2. The highest BCUT2D eigenvalue weighted by molar-refractivity contribution is 7.91. The Balaban J connectivity index is 1.72. The third-order valence-electron chi connectivity index (χ3n) is 3.71. The zero-order chi connectivity index (χ0) is 14.9. The summed E-state index contributed by atoms with van der Waals surface area (Å²) in [6.45, 7) is 0. The summed E-state index contributed by atoms with van der Waals surface area (Å²) in [6.07, 6.45) is 2.49. The molecular formula is C15H16N2O3S. The van der Waals surface area contributed by atoms with E-state index in [2.05, 4.69) is 10.3 Å². The van der Waals surface area contributed by atoms with Crippen LogP contribution in [0.3, 0.4) is 0 Å². The smallest absolute Gasteiger partial charge is 0.224 e. The second-order valence-corrected chi connectivity index (χ2v) is 7.63. The number of pyridine rings is 1. The van der Waals surface area contributed by atoms with E-state index < -0.39 is 9.84 Å². The number of sulfone groups is 1. The normalized spacial score (nSPS) is 20.5. The Morgan fingerprint density at radius 1 is 1.29 bits per heavy atom. The van der Waals surface area contributed by atoms with Gasteiger partial charge in [-0.3, -0.25) is 9.78 Å². The summed E-state index contributed by atoms with van der Waals surface area (Å²) in [6, 6.07) is 9.37. The van der Waals surface area contributed by atoms with E-state index in [1.54, 1.807) is 12.3 Å². The highest BCUT2D eigenvalue weighted by Gasteiger charge is 2.29. The van der Waals surface area contributed by atoms with Crippen molar-refractivity contribution >= 4 is 32.3 Å². The van der Waals surface area contributed by atoms with Gasteiger partial charge in [-0.05, 0) is 24.5 Å². The van der Waals surface area contributed by atoms with E-state index in [9.17, 15) is 13.2 Å². The Morgan fingerprint density at radius 3 is 2.86 bits per heavy atom. The van der Waals surface area contributed by atoms with E-state index in [4.69, 9.17) is 0 Å². The molecule has 1 aliphatic heterocycles. The van der Waals surface area contributed by atoms with Gasteiger partial charge < -0.3 is 5.32 Å². The van der Waals surface area contributed by atoms with Crippen molar-refractivity contribution in [1.29, 1.82) is 0 Å². The van der Waals surface area contributed by atoms with Crippen LogP contribution in [-0.4, -0.2) is 30.8 Å². The average Bonchev–Trinajstić information content (AvgIpc) is 2.78. The first-order chi connectivity index (χ1) is 10.0. The second-order valence-electron chi connectivity index (χ2n) is 5.40. The first-order valence-electron chi connectivity index (χ1n) is 6.87. The number of rotatable bonds is 3. The summed E-state index contributed by atoms with van der Waals surface area (Å²) in [5.41, 5.74) is 1.41. The number of hydrogen-bond donors (Lipinski definition) is 1. The molecule has 2 heterocycles. The minimum atomic E-state index is -2.94. The van der Waals surface area contributed by atoms with Gasteiger partial charge in [0.05, 0.1) is 22.7 Å². The van der Waals surface area contributed by atoms with Gasteiger partial charge in [-0.15, -0.1) is 0 Å². The Labute approximate surface area is 123 Å². The lowest BCUT2D eigenvalue weighted by Crippen LogP contribution is -2.17. The Morgan fingerprint density at radius 2 is 2.10 bits per heavy atom. The number of hydrogen-bond acceptors (Lipinski definition) is 4. The molecule has 21 heavy (non-hydrogen) atoms. The molecule has 1 saturated heterocycles. The van der Waals surface area contributed by atoms with Crippen molar-refractivity contribution in [3.63, 3.8) is 0 Å². The van der Waals surface area contributed by atoms with E-state index in [0.29, 0.717) is 12.1 Å². The minimum Gasteiger partial charge on any atom is -0.324 e. The second kappa shape index (κ2) is 5.44. The summed E-state index contributed by atoms with van der Waals surface area (Å²) < 4.78 is 22.8. The van der Waals surface area contributed by atoms with Gasteiger partial charge in [-0.1, -0.05) is 18.2 Å². The van der Waals surface area contributed by atoms with Crippen LogP contribution in [0.2, 0.25) is 0 Å². The molecule has 5 nitrogen and oxygen atoms in total. The monoisotopic (exact) mass is 304 g/mol. The number of nitrogens with one attached hydrogen (secondary N) is 1. The Hall–Kier alpha value is -1.95. The number of fused-ring (bicyclic) bond motifs is 1. The average molecular weight is 304 g/mol. The standard InChI is InChI=1S/C15H16N2O3S/c18-14(9-11-6-8-21(19,20)10-11)17-13-5-1-3-12-4-2-7-16-15(12)13/h1-5,7,11H,6,8-10H2,(H,17,18)/t11-/m1/s1. The molecule has 1 aliphatic rings. The highest BCUT2D eigenvalue weighted by Crippen LogP contribution is 2.24. The fourth-order valence-corrected chi connectivity index (χ4v) is 4.56. The maximum atomic E-state index is 12.1. The van der Waals surface area contributed by atoms with Gasteiger partial charge >= 0.3 is 0 Å². The molecule has 2 aromatic rings. The van der Waals surface area contributed by atoms with Gasteiger partial charge in [0.1, 0.15) is 0 Å². The predicted molar refractivity (Wildman–Crippen MR) is 81.8 cm³/mol. The largest absolute Gasteiger partial charge is 0.324 e. The van der Waals surface area contributed by atoms with E-state index in [1.165, 1.54) is 0 Å². The molecule has 3 rings (SSSR count). The quantitative estimate of drug-likeness (QED) is 0.941. The number of carbonyl (C=O) groups excluding carboxylic acids is 1. The fraction of sp³-hybridized carbons (Fsp3) is 0.333. The maximum absolute atomic E-state index is 12.1. The van der Waals surface area contributed by atoms with Gasteiger partial charge in [0.15, 0.2) is 9.84 Å². The van der Waals surface area contributed by atoms with Crippen LogP contribution < -0.4 is 5.32 Å².